The highest BCUT2D eigenvalue weighted by molar-refractivity contribution is 7.17. The van der Waals surface area contributed by atoms with Crippen molar-refractivity contribution in [3.8, 4) is 0 Å². The molecule has 0 saturated heterocycles. The molecule has 25 heavy (non-hydrogen) atoms. The van der Waals surface area contributed by atoms with E-state index in [0.29, 0.717) is 25.9 Å². The van der Waals surface area contributed by atoms with Crippen molar-refractivity contribution in [3.05, 3.63) is 35.2 Å². The first-order valence-corrected chi connectivity index (χ1v) is 9.98. The van der Waals surface area contributed by atoms with Crippen LogP contribution >= 0.6 is 11.3 Å². The van der Waals surface area contributed by atoms with Gasteiger partial charge in [0, 0.05) is 24.2 Å². The Morgan fingerprint density at radius 1 is 1.16 bits per heavy atom. The number of amides is 2. The van der Waals surface area contributed by atoms with Crippen LogP contribution in [0.2, 0.25) is 0 Å². The highest BCUT2D eigenvalue weighted by atomic mass is 32.1. The van der Waals surface area contributed by atoms with Gasteiger partial charge in [0.15, 0.2) is 0 Å². The van der Waals surface area contributed by atoms with E-state index < -0.39 is 0 Å². The van der Waals surface area contributed by atoms with Crippen LogP contribution in [0, 0.1) is 11.8 Å². The number of nitrogens with one attached hydrogen (secondary N) is 2. The Labute approximate surface area is 153 Å². The highest BCUT2D eigenvalue weighted by Crippen LogP contribution is 2.33. The van der Waals surface area contributed by atoms with Gasteiger partial charge in [0.1, 0.15) is 0 Å². The molecule has 0 bridgehead atoms. The van der Waals surface area contributed by atoms with Gasteiger partial charge in [-0.3, -0.25) is 9.59 Å². The van der Waals surface area contributed by atoms with Gasteiger partial charge in [0.2, 0.25) is 11.8 Å². The van der Waals surface area contributed by atoms with Crippen LogP contribution in [0.4, 0.5) is 0 Å². The first-order chi connectivity index (χ1) is 12.1. The molecule has 2 aromatic rings. The third kappa shape index (κ3) is 5.56. The molecule has 0 radical (unpaired) electrons. The second-order valence-electron chi connectivity index (χ2n) is 7.13. The van der Waals surface area contributed by atoms with Crippen LogP contribution in [-0.4, -0.2) is 24.9 Å². The molecule has 1 atom stereocenters. The van der Waals surface area contributed by atoms with E-state index in [1.807, 2.05) is 19.1 Å². The molecule has 1 saturated carbocycles. The molecular weight excluding hydrogens is 332 g/mol. The molecule has 5 heteroatoms. The first-order valence-electron chi connectivity index (χ1n) is 9.10. The molecule has 3 rings (SSSR count). The lowest BCUT2D eigenvalue weighted by Gasteiger charge is -2.13. The average Bonchev–Trinajstić information content (AvgIpc) is 3.37. The molecule has 0 aliphatic heterocycles. The number of carbonyl (C=O) groups is 2. The number of benzene rings is 1. The van der Waals surface area contributed by atoms with E-state index in [1.165, 1.54) is 22.9 Å². The Kier molecular flexibility index (Phi) is 6.08. The zero-order valence-corrected chi connectivity index (χ0v) is 15.5. The Hall–Kier alpha value is -1.88. The lowest BCUT2D eigenvalue weighted by atomic mass is 10.1. The Balaban J connectivity index is 1.35. The summed E-state index contributed by atoms with van der Waals surface area (Å²) >= 11 is 1.68. The lowest BCUT2D eigenvalue weighted by Crippen LogP contribution is -2.35. The van der Waals surface area contributed by atoms with Crippen molar-refractivity contribution in [2.45, 2.75) is 39.0 Å². The van der Waals surface area contributed by atoms with Crippen LogP contribution in [-0.2, 0) is 16.0 Å². The zero-order valence-electron chi connectivity index (χ0n) is 14.7. The normalized spacial score (nSPS) is 15.1. The van der Waals surface area contributed by atoms with Gasteiger partial charge in [-0.25, -0.2) is 0 Å². The summed E-state index contributed by atoms with van der Waals surface area (Å²) in [4.78, 5) is 23.9. The number of thiophene rings is 1. The summed E-state index contributed by atoms with van der Waals surface area (Å²) in [7, 11) is 0. The standard InChI is InChI=1S/C20H26N2O2S/c1-14(11-21-19(23)9-8-15-6-7-15)12-22-20(24)10-16-13-25-18-5-3-2-4-17(16)18/h2-5,13-15H,6-12H2,1H3,(H,21,23)(H,22,24). The molecule has 1 aromatic heterocycles. The van der Waals surface area contributed by atoms with Gasteiger partial charge in [-0.2, -0.15) is 0 Å². The van der Waals surface area contributed by atoms with Gasteiger partial charge in [-0.1, -0.05) is 38.0 Å². The average molecular weight is 359 g/mol. The predicted molar refractivity (Wildman–Crippen MR) is 103 cm³/mol. The van der Waals surface area contributed by atoms with Gasteiger partial charge in [0.25, 0.3) is 0 Å². The number of carbonyl (C=O) groups excluding carboxylic acids is 2. The molecule has 2 N–H and O–H groups in total. The molecule has 1 aliphatic carbocycles. The monoisotopic (exact) mass is 358 g/mol. The molecule has 0 spiro atoms. The molecule has 1 heterocycles. The first kappa shape index (κ1) is 17.9. The van der Waals surface area contributed by atoms with Crippen molar-refractivity contribution in [3.63, 3.8) is 0 Å². The molecular formula is C20H26N2O2S. The second-order valence-corrected chi connectivity index (χ2v) is 8.04. The summed E-state index contributed by atoms with van der Waals surface area (Å²) in [6, 6.07) is 8.16. The van der Waals surface area contributed by atoms with Gasteiger partial charge in [-0.05, 0) is 40.7 Å². The minimum atomic E-state index is 0.0375. The maximum Gasteiger partial charge on any atom is 0.224 e. The molecule has 1 aromatic carbocycles. The number of hydrogen-bond acceptors (Lipinski definition) is 3. The van der Waals surface area contributed by atoms with E-state index in [1.54, 1.807) is 11.3 Å². The topological polar surface area (TPSA) is 58.2 Å². The van der Waals surface area contributed by atoms with E-state index >= 15 is 0 Å². The number of fused-ring (bicyclic) bond motifs is 1. The summed E-state index contributed by atoms with van der Waals surface area (Å²) in [6.45, 7) is 3.25. The van der Waals surface area contributed by atoms with Crippen LogP contribution in [0.5, 0.6) is 0 Å². The zero-order chi connectivity index (χ0) is 17.6. The van der Waals surface area contributed by atoms with Gasteiger partial charge >= 0.3 is 0 Å². The van der Waals surface area contributed by atoms with Gasteiger partial charge in [0.05, 0.1) is 6.42 Å². The summed E-state index contributed by atoms with van der Waals surface area (Å²) in [5, 5.41) is 9.18. The molecule has 1 unspecified atom stereocenters. The summed E-state index contributed by atoms with van der Waals surface area (Å²) < 4.78 is 1.22. The Bertz CT molecular complexity index is 736. The van der Waals surface area contributed by atoms with Gasteiger partial charge in [-0.15, -0.1) is 11.3 Å². The second kappa shape index (κ2) is 8.48. The minimum absolute atomic E-state index is 0.0375. The maximum atomic E-state index is 12.2. The fourth-order valence-electron chi connectivity index (χ4n) is 2.88. The summed E-state index contributed by atoms with van der Waals surface area (Å²) in [6.07, 6.45) is 4.63. The number of rotatable bonds is 9. The van der Waals surface area contributed by atoms with Crippen molar-refractivity contribution in [2.75, 3.05) is 13.1 Å². The molecule has 4 nitrogen and oxygen atoms in total. The Morgan fingerprint density at radius 2 is 1.88 bits per heavy atom. The third-order valence-electron chi connectivity index (χ3n) is 4.68. The quantitative estimate of drug-likeness (QED) is 0.721. The number of hydrogen-bond donors (Lipinski definition) is 2. The lowest BCUT2D eigenvalue weighted by molar-refractivity contribution is -0.121. The van der Waals surface area contributed by atoms with Crippen molar-refractivity contribution in [1.29, 1.82) is 0 Å². The smallest absolute Gasteiger partial charge is 0.224 e. The van der Waals surface area contributed by atoms with E-state index in [4.69, 9.17) is 0 Å². The molecule has 1 aliphatic rings. The van der Waals surface area contributed by atoms with Crippen LogP contribution in [0.15, 0.2) is 29.6 Å². The summed E-state index contributed by atoms with van der Waals surface area (Å²) in [5.41, 5.74) is 1.08. The van der Waals surface area contributed by atoms with Crippen molar-refractivity contribution in [2.24, 2.45) is 11.8 Å². The maximum absolute atomic E-state index is 12.2. The van der Waals surface area contributed by atoms with E-state index in [0.717, 1.165) is 17.9 Å². The van der Waals surface area contributed by atoms with Crippen LogP contribution in [0.25, 0.3) is 10.1 Å². The predicted octanol–water partition coefficient (Wildman–Crippen LogP) is 3.50. The molecule has 2 amide bonds. The molecule has 1 fully saturated rings. The highest BCUT2D eigenvalue weighted by Gasteiger charge is 2.21. The summed E-state index contributed by atoms with van der Waals surface area (Å²) in [5.74, 6) is 1.19. The third-order valence-corrected chi connectivity index (χ3v) is 5.70. The van der Waals surface area contributed by atoms with Crippen molar-refractivity contribution < 1.29 is 9.59 Å². The van der Waals surface area contributed by atoms with Crippen molar-refractivity contribution in [1.82, 2.24) is 10.6 Å². The van der Waals surface area contributed by atoms with Crippen LogP contribution in [0.3, 0.4) is 0 Å². The van der Waals surface area contributed by atoms with Crippen LogP contribution in [0.1, 0.15) is 38.2 Å². The fraction of sp³-hybridized carbons (Fsp3) is 0.500. The van der Waals surface area contributed by atoms with E-state index in [2.05, 4.69) is 28.1 Å². The SMILES string of the molecule is CC(CNC(=O)CCC1CC1)CNC(=O)Cc1csc2ccccc12. The fourth-order valence-corrected chi connectivity index (χ4v) is 3.85. The van der Waals surface area contributed by atoms with Crippen molar-refractivity contribution >= 4 is 33.2 Å². The minimum Gasteiger partial charge on any atom is -0.356 e. The largest absolute Gasteiger partial charge is 0.356 e. The van der Waals surface area contributed by atoms with E-state index in [-0.39, 0.29) is 17.7 Å². The van der Waals surface area contributed by atoms with Crippen LogP contribution < -0.4 is 10.6 Å². The molecule has 134 valence electrons. The Morgan fingerprint density at radius 3 is 2.64 bits per heavy atom. The van der Waals surface area contributed by atoms with Gasteiger partial charge < -0.3 is 10.6 Å². The van der Waals surface area contributed by atoms with E-state index in [9.17, 15) is 9.59 Å².